The fourth-order valence-electron chi connectivity index (χ4n) is 2.77. The quantitative estimate of drug-likeness (QED) is 0.405. The molecular weight excluding hydrogens is 423 g/mol. The van der Waals surface area contributed by atoms with E-state index < -0.39 is 0 Å². The summed E-state index contributed by atoms with van der Waals surface area (Å²) in [6.07, 6.45) is 0. The molecule has 5 heteroatoms. The van der Waals surface area contributed by atoms with Crippen LogP contribution in [0, 0.1) is 20.8 Å². The summed E-state index contributed by atoms with van der Waals surface area (Å²) < 4.78 is 0. The number of nitrogens with two attached hydrogens (primary N) is 1. The van der Waals surface area contributed by atoms with Gasteiger partial charge in [0.05, 0.1) is 12.6 Å². The highest BCUT2D eigenvalue weighted by atomic mass is 127. The molecular formula is C20H29IN4. The van der Waals surface area contributed by atoms with E-state index >= 15 is 0 Å². The van der Waals surface area contributed by atoms with Gasteiger partial charge in [-0.2, -0.15) is 0 Å². The van der Waals surface area contributed by atoms with Crippen molar-refractivity contribution in [3.05, 3.63) is 64.7 Å². The molecule has 0 saturated carbocycles. The Bertz CT molecular complexity index is 688. The number of benzene rings is 2. The van der Waals surface area contributed by atoms with Gasteiger partial charge >= 0.3 is 0 Å². The third-order valence-corrected chi connectivity index (χ3v) is 4.01. The Labute approximate surface area is 168 Å². The van der Waals surface area contributed by atoms with Crippen LogP contribution >= 0.6 is 24.0 Å². The first kappa shape index (κ1) is 21.4. The van der Waals surface area contributed by atoms with Crippen molar-refractivity contribution in [3.63, 3.8) is 0 Å². The van der Waals surface area contributed by atoms with E-state index in [1.807, 2.05) is 0 Å². The molecule has 0 spiro atoms. The lowest BCUT2D eigenvalue weighted by Crippen LogP contribution is -2.27. The van der Waals surface area contributed by atoms with Gasteiger partial charge in [0.15, 0.2) is 5.96 Å². The summed E-state index contributed by atoms with van der Waals surface area (Å²) in [5.41, 5.74) is 12.0. The fraction of sp³-hybridized carbons (Fsp3) is 0.350. The topological polar surface area (TPSA) is 53.6 Å². The second-order valence-corrected chi connectivity index (χ2v) is 6.62. The van der Waals surface area contributed by atoms with Gasteiger partial charge in [-0.05, 0) is 63.7 Å². The van der Waals surface area contributed by atoms with Crippen LogP contribution in [0.1, 0.15) is 28.3 Å². The van der Waals surface area contributed by atoms with Crippen molar-refractivity contribution >= 4 is 35.6 Å². The number of guanidine groups is 1. The van der Waals surface area contributed by atoms with Gasteiger partial charge in [0, 0.05) is 5.69 Å². The van der Waals surface area contributed by atoms with Gasteiger partial charge in [0.1, 0.15) is 0 Å². The molecule has 0 radical (unpaired) electrons. The van der Waals surface area contributed by atoms with E-state index in [2.05, 4.69) is 92.5 Å². The monoisotopic (exact) mass is 452 g/mol. The molecule has 136 valence electrons. The van der Waals surface area contributed by atoms with Gasteiger partial charge in [-0.25, -0.2) is 0 Å². The summed E-state index contributed by atoms with van der Waals surface area (Å²) in [6.45, 7) is 6.86. The summed E-state index contributed by atoms with van der Waals surface area (Å²) >= 11 is 0. The molecule has 0 aliphatic carbocycles. The van der Waals surface area contributed by atoms with Crippen molar-refractivity contribution in [2.45, 2.75) is 26.8 Å². The number of anilines is 1. The molecule has 2 rings (SSSR count). The number of likely N-dealkylation sites (N-methyl/N-ethyl adjacent to an activating group) is 1. The lowest BCUT2D eigenvalue weighted by Gasteiger charge is -2.23. The number of rotatable bonds is 5. The molecule has 3 N–H and O–H groups in total. The first-order chi connectivity index (χ1) is 11.3. The first-order valence-corrected chi connectivity index (χ1v) is 8.23. The molecule has 0 bridgehead atoms. The molecule has 25 heavy (non-hydrogen) atoms. The number of hydrogen-bond donors (Lipinski definition) is 2. The van der Waals surface area contributed by atoms with Crippen LogP contribution in [0.2, 0.25) is 0 Å². The van der Waals surface area contributed by atoms with Crippen LogP contribution in [0.25, 0.3) is 0 Å². The van der Waals surface area contributed by atoms with Gasteiger partial charge in [-0.3, -0.25) is 4.99 Å². The normalized spacial score (nSPS) is 12.6. The predicted octanol–water partition coefficient (Wildman–Crippen LogP) is 4.26. The molecule has 0 aliphatic rings. The van der Waals surface area contributed by atoms with Crippen LogP contribution in [-0.4, -0.2) is 31.5 Å². The van der Waals surface area contributed by atoms with Gasteiger partial charge < -0.3 is 16.0 Å². The van der Waals surface area contributed by atoms with E-state index in [4.69, 9.17) is 5.73 Å². The molecule has 0 fully saturated rings. The Hall–Kier alpha value is -1.60. The maximum Gasteiger partial charge on any atom is 0.193 e. The van der Waals surface area contributed by atoms with Crippen LogP contribution < -0.4 is 11.1 Å². The molecule has 2 aromatic rings. The van der Waals surface area contributed by atoms with Gasteiger partial charge in [0.25, 0.3) is 0 Å². The number of hydrogen-bond acceptors (Lipinski definition) is 2. The van der Waals surface area contributed by atoms with E-state index in [0.29, 0.717) is 12.5 Å². The highest BCUT2D eigenvalue weighted by molar-refractivity contribution is 14.0. The standard InChI is InChI=1S/C20H28N4.HI/c1-14-6-8-17(9-7-14)19(24(4)5)13-22-20(21)23-18-11-15(2)10-16(3)12-18;/h6-12,19H,13H2,1-5H3,(H3,21,22,23);1H. The molecule has 1 atom stereocenters. The minimum Gasteiger partial charge on any atom is -0.370 e. The third kappa shape index (κ3) is 6.66. The number of nitrogens with one attached hydrogen (secondary N) is 1. The van der Waals surface area contributed by atoms with Crippen molar-refractivity contribution in [2.75, 3.05) is 26.0 Å². The first-order valence-electron chi connectivity index (χ1n) is 8.23. The summed E-state index contributed by atoms with van der Waals surface area (Å²) in [5, 5.41) is 3.19. The highest BCUT2D eigenvalue weighted by Crippen LogP contribution is 2.19. The zero-order valence-corrected chi connectivity index (χ0v) is 18.0. The smallest absolute Gasteiger partial charge is 0.193 e. The second kappa shape index (κ2) is 9.77. The third-order valence-electron chi connectivity index (χ3n) is 4.01. The summed E-state index contributed by atoms with van der Waals surface area (Å²) in [6, 6.07) is 15.0. The van der Waals surface area contributed by atoms with Crippen molar-refractivity contribution in [2.24, 2.45) is 10.7 Å². The maximum absolute atomic E-state index is 6.08. The Balaban J connectivity index is 0.00000312. The van der Waals surface area contributed by atoms with Crippen molar-refractivity contribution < 1.29 is 0 Å². The Morgan fingerprint density at radius 3 is 2.08 bits per heavy atom. The molecule has 0 aliphatic heterocycles. The molecule has 4 nitrogen and oxygen atoms in total. The Morgan fingerprint density at radius 2 is 1.56 bits per heavy atom. The highest BCUT2D eigenvalue weighted by Gasteiger charge is 2.13. The Morgan fingerprint density at radius 1 is 1.00 bits per heavy atom. The maximum atomic E-state index is 6.08. The minimum atomic E-state index is 0. The second-order valence-electron chi connectivity index (χ2n) is 6.62. The van der Waals surface area contributed by atoms with E-state index in [1.165, 1.54) is 22.3 Å². The minimum absolute atomic E-state index is 0. The molecule has 1 unspecified atom stereocenters. The summed E-state index contributed by atoms with van der Waals surface area (Å²) in [5.74, 6) is 0.443. The SMILES string of the molecule is Cc1ccc(C(CN=C(N)Nc2cc(C)cc(C)c2)N(C)C)cc1.I. The van der Waals surface area contributed by atoms with Gasteiger partial charge in [-0.15, -0.1) is 24.0 Å². The molecule has 2 aromatic carbocycles. The number of nitrogens with zero attached hydrogens (tertiary/aromatic N) is 2. The molecule has 0 amide bonds. The van der Waals surface area contributed by atoms with Crippen molar-refractivity contribution in [3.8, 4) is 0 Å². The van der Waals surface area contributed by atoms with Crippen LogP contribution in [0.4, 0.5) is 5.69 Å². The van der Waals surface area contributed by atoms with E-state index in [0.717, 1.165) is 5.69 Å². The molecule has 0 heterocycles. The van der Waals surface area contributed by atoms with Crippen molar-refractivity contribution in [1.29, 1.82) is 0 Å². The largest absolute Gasteiger partial charge is 0.370 e. The van der Waals surface area contributed by atoms with E-state index in [9.17, 15) is 0 Å². The van der Waals surface area contributed by atoms with Crippen LogP contribution in [0.15, 0.2) is 47.5 Å². The average molecular weight is 452 g/mol. The Kier molecular flexibility index (Phi) is 8.38. The van der Waals surface area contributed by atoms with E-state index in [-0.39, 0.29) is 30.0 Å². The number of aryl methyl sites for hydroxylation is 3. The average Bonchev–Trinajstić information content (AvgIpc) is 2.47. The summed E-state index contributed by atoms with van der Waals surface area (Å²) in [4.78, 5) is 6.71. The van der Waals surface area contributed by atoms with E-state index in [1.54, 1.807) is 0 Å². The van der Waals surface area contributed by atoms with Gasteiger partial charge in [0.2, 0.25) is 0 Å². The molecule has 0 aromatic heterocycles. The van der Waals surface area contributed by atoms with Gasteiger partial charge in [-0.1, -0.05) is 35.9 Å². The summed E-state index contributed by atoms with van der Waals surface area (Å²) in [7, 11) is 4.13. The number of aliphatic imine (C=N–C) groups is 1. The lowest BCUT2D eigenvalue weighted by atomic mass is 10.0. The van der Waals surface area contributed by atoms with Crippen LogP contribution in [-0.2, 0) is 0 Å². The molecule has 0 saturated heterocycles. The van der Waals surface area contributed by atoms with Crippen molar-refractivity contribution in [1.82, 2.24) is 4.90 Å². The van der Waals surface area contributed by atoms with Crippen LogP contribution in [0.5, 0.6) is 0 Å². The zero-order chi connectivity index (χ0) is 17.7. The van der Waals surface area contributed by atoms with Crippen LogP contribution in [0.3, 0.4) is 0 Å². The number of halogens is 1. The fourth-order valence-corrected chi connectivity index (χ4v) is 2.77. The zero-order valence-electron chi connectivity index (χ0n) is 15.7. The lowest BCUT2D eigenvalue weighted by molar-refractivity contribution is 0.306. The predicted molar refractivity (Wildman–Crippen MR) is 119 cm³/mol.